The first kappa shape index (κ1) is 12.2. The van der Waals surface area contributed by atoms with E-state index in [0.717, 1.165) is 4.57 Å². The number of rotatable bonds is 2. The Balaban J connectivity index is 1.89. The van der Waals surface area contributed by atoms with E-state index in [0.29, 0.717) is 0 Å². The van der Waals surface area contributed by atoms with Crippen LogP contribution in [0.15, 0.2) is 29.4 Å². The van der Waals surface area contributed by atoms with Gasteiger partial charge in [0.25, 0.3) is 0 Å². The number of aliphatic hydroxyl groups excluding tert-OH is 2. The molecule has 3 heterocycles. The summed E-state index contributed by atoms with van der Waals surface area (Å²) in [6.07, 6.45) is -0.0231. The molecule has 1 saturated heterocycles. The molecule has 1 aromatic heterocycles. The zero-order valence-corrected chi connectivity index (χ0v) is 9.79. The first-order chi connectivity index (χ1) is 9.08. The Bertz CT molecular complexity index is 572. The predicted octanol–water partition coefficient (Wildman–Crippen LogP) is -1.64. The number of ether oxygens (including phenoxy) is 2. The van der Waals surface area contributed by atoms with Gasteiger partial charge >= 0.3 is 5.69 Å². The molecule has 0 aromatic carbocycles. The van der Waals surface area contributed by atoms with E-state index >= 15 is 0 Å². The van der Waals surface area contributed by atoms with Crippen molar-refractivity contribution in [3.8, 4) is 0 Å². The molecule has 1 aromatic rings. The van der Waals surface area contributed by atoms with Gasteiger partial charge in [0.15, 0.2) is 6.23 Å². The van der Waals surface area contributed by atoms with Gasteiger partial charge < -0.3 is 25.4 Å². The molecule has 0 aliphatic carbocycles. The van der Waals surface area contributed by atoms with Gasteiger partial charge in [0.1, 0.15) is 30.2 Å². The molecular formula is C11H13N3O5. The van der Waals surface area contributed by atoms with Crippen LogP contribution < -0.4 is 11.4 Å². The molecule has 0 saturated carbocycles. The van der Waals surface area contributed by atoms with Gasteiger partial charge in [-0.2, -0.15) is 4.98 Å². The summed E-state index contributed by atoms with van der Waals surface area (Å²) in [5, 5.41) is 19.9. The minimum atomic E-state index is -1.24. The summed E-state index contributed by atoms with van der Waals surface area (Å²) in [5.74, 6) is 0.0797. The molecule has 8 nitrogen and oxygen atoms in total. The maximum absolute atomic E-state index is 11.7. The third kappa shape index (κ3) is 1.89. The molecule has 0 amide bonds. The molecule has 2 aliphatic heterocycles. The average molecular weight is 267 g/mol. The first-order valence-corrected chi connectivity index (χ1v) is 5.76. The summed E-state index contributed by atoms with van der Waals surface area (Å²) in [4.78, 5) is 15.2. The van der Waals surface area contributed by atoms with Crippen LogP contribution in [-0.4, -0.2) is 44.2 Å². The standard InChI is InChI=1S/C11H13N3O5/c12-6-1-3-14(11(17)13-6)10-8(16)7(15)9(19-10)5-2-4-18-5/h1-5,7-10,15-16H,(H2,12,13,17)/t5?,7-,8+,9+,10+/m0/s1. The van der Waals surface area contributed by atoms with Crippen LogP contribution in [0.2, 0.25) is 0 Å². The third-order valence-electron chi connectivity index (χ3n) is 3.23. The number of hydrogen-bond acceptors (Lipinski definition) is 7. The van der Waals surface area contributed by atoms with Crippen LogP contribution in [0.1, 0.15) is 6.23 Å². The number of nitrogen functional groups attached to an aromatic ring is 1. The zero-order chi connectivity index (χ0) is 13.6. The van der Waals surface area contributed by atoms with Crippen molar-refractivity contribution >= 4 is 5.82 Å². The molecule has 1 fully saturated rings. The summed E-state index contributed by atoms with van der Waals surface area (Å²) in [5.41, 5.74) is 4.74. The zero-order valence-electron chi connectivity index (χ0n) is 9.79. The maximum atomic E-state index is 11.7. The second kappa shape index (κ2) is 4.34. The van der Waals surface area contributed by atoms with Crippen molar-refractivity contribution in [3.05, 3.63) is 35.1 Å². The fourth-order valence-corrected chi connectivity index (χ4v) is 2.16. The number of anilines is 1. The lowest BCUT2D eigenvalue weighted by Gasteiger charge is -2.27. The largest absolute Gasteiger partial charge is 0.491 e. The SMILES string of the molecule is Nc1ccn([C@@H]2O[C@H](C3C=CO3)[C@@H](O)[C@H]2O)c(=O)n1. The molecule has 1 unspecified atom stereocenters. The highest BCUT2D eigenvalue weighted by Gasteiger charge is 2.48. The molecule has 3 rings (SSSR count). The molecule has 19 heavy (non-hydrogen) atoms. The van der Waals surface area contributed by atoms with E-state index in [2.05, 4.69) is 4.98 Å². The van der Waals surface area contributed by atoms with E-state index in [1.807, 2.05) is 0 Å². The van der Waals surface area contributed by atoms with Gasteiger partial charge in [-0.15, -0.1) is 0 Å². The molecule has 0 radical (unpaired) electrons. The van der Waals surface area contributed by atoms with Crippen LogP contribution in [0.4, 0.5) is 5.82 Å². The Kier molecular flexibility index (Phi) is 2.77. The smallest absolute Gasteiger partial charge is 0.351 e. The van der Waals surface area contributed by atoms with Crippen LogP contribution in [0.5, 0.6) is 0 Å². The molecule has 102 valence electrons. The topological polar surface area (TPSA) is 120 Å². The first-order valence-electron chi connectivity index (χ1n) is 5.76. The molecular weight excluding hydrogens is 254 g/mol. The van der Waals surface area contributed by atoms with Crippen molar-refractivity contribution < 1.29 is 19.7 Å². The fraction of sp³-hybridized carbons (Fsp3) is 0.455. The van der Waals surface area contributed by atoms with Gasteiger partial charge in [-0.1, -0.05) is 0 Å². The van der Waals surface area contributed by atoms with Crippen LogP contribution in [0.25, 0.3) is 0 Å². The molecule has 0 bridgehead atoms. The molecule has 2 aliphatic rings. The highest BCUT2D eigenvalue weighted by molar-refractivity contribution is 5.23. The Hall–Kier alpha value is -1.90. The summed E-state index contributed by atoms with van der Waals surface area (Å²) in [6.45, 7) is 0. The van der Waals surface area contributed by atoms with E-state index in [9.17, 15) is 15.0 Å². The summed E-state index contributed by atoms with van der Waals surface area (Å²) >= 11 is 0. The van der Waals surface area contributed by atoms with Crippen LogP contribution in [0.3, 0.4) is 0 Å². The highest BCUT2D eigenvalue weighted by atomic mass is 16.6. The average Bonchev–Trinajstić information content (AvgIpc) is 2.56. The second-order valence-electron chi connectivity index (χ2n) is 4.44. The normalized spacial score (nSPS) is 36.8. The van der Waals surface area contributed by atoms with Gasteiger partial charge in [0, 0.05) is 6.20 Å². The predicted molar refractivity (Wildman–Crippen MR) is 62.8 cm³/mol. The number of nitrogens with zero attached hydrogens (tertiary/aromatic N) is 2. The third-order valence-corrected chi connectivity index (χ3v) is 3.23. The van der Waals surface area contributed by atoms with Gasteiger partial charge in [-0.25, -0.2) is 4.79 Å². The highest BCUT2D eigenvalue weighted by Crippen LogP contribution is 2.33. The van der Waals surface area contributed by atoms with Crippen molar-refractivity contribution in [1.82, 2.24) is 9.55 Å². The minimum absolute atomic E-state index is 0.0797. The summed E-state index contributed by atoms with van der Waals surface area (Å²) in [6, 6.07) is 1.41. The van der Waals surface area contributed by atoms with Crippen molar-refractivity contribution in [1.29, 1.82) is 0 Å². The maximum Gasteiger partial charge on any atom is 0.351 e. The van der Waals surface area contributed by atoms with Gasteiger partial charge in [0.05, 0.1) is 6.26 Å². The Morgan fingerprint density at radius 3 is 2.68 bits per heavy atom. The van der Waals surface area contributed by atoms with Crippen LogP contribution >= 0.6 is 0 Å². The molecule has 4 N–H and O–H groups in total. The van der Waals surface area contributed by atoms with Gasteiger partial charge in [0.2, 0.25) is 0 Å². The quantitative estimate of drug-likeness (QED) is 0.587. The van der Waals surface area contributed by atoms with Gasteiger partial charge in [-0.3, -0.25) is 4.57 Å². The Morgan fingerprint density at radius 1 is 1.37 bits per heavy atom. The van der Waals surface area contributed by atoms with E-state index in [1.165, 1.54) is 18.5 Å². The molecule has 0 spiro atoms. The lowest BCUT2D eigenvalue weighted by Crippen LogP contribution is -2.41. The molecule has 5 atom stereocenters. The number of aliphatic hydroxyl groups is 2. The van der Waals surface area contributed by atoms with E-state index in [4.69, 9.17) is 15.2 Å². The number of aromatic nitrogens is 2. The Labute approximate surface area is 107 Å². The lowest BCUT2D eigenvalue weighted by atomic mass is 10.0. The minimum Gasteiger partial charge on any atom is -0.491 e. The Morgan fingerprint density at radius 2 is 2.11 bits per heavy atom. The van der Waals surface area contributed by atoms with Gasteiger partial charge in [-0.05, 0) is 12.1 Å². The number of hydrogen-bond donors (Lipinski definition) is 3. The summed E-state index contributed by atoms with van der Waals surface area (Å²) in [7, 11) is 0. The van der Waals surface area contributed by atoms with Crippen molar-refractivity contribution in [2.45, 2.75) is 30.6 Å². The summed E-state index contributed by atoms with van der Waals surface area (Å²) < 4.78 is 11.7. The van der Waals surface area contributed by atoms with E-state index < -0.39 is 36.3 Å². The van der Waals surface area contributed by atoms with E-state index in [1.54, 1.807) is 6.08 Å². The lowest BCUT2D eigenvalue weighted by molar-refractivity contribution is -0.0865. The van der Waals surface area contributed by atoms with Crippen molar-refractivity contribution in [2.75, 3.05) is 5.73 Å². The monoisotopic (exact) mass is 267 g/mol. The van der Waals surface area contributed by atoms with E-state index in [-0.39, 0.29) is 5.82 Å². The second-order valence-corrected chi connectivity index (χ2v) is 4.44. The van der Waals surface area contributed by atoms with Crippen LogP contribution in [0, 0.1) is 0 Å². The van der Waals surface area contributed by atoms with Crippen molar-refractivity contribution in [2.24, 2.45) is 0 Å². The fourth-order valence-electron chi connectivity index (χ4n) is 2.16. The molecule has 8 heteroatoms. The van der Waals surface area contributed by atoms with Crippen molar-refractivity contribution in [3.63, 3.8) is 0 Å². The number of nitrogens with two attached hydrogens (primary N) is 1. The van der Waals surface area contributed by atoms with Crippen LogP contribution in [-0.2, 0) is 9.47 Å².